The minimum atomic E-state index is -0.954. The third-order valence-corrected chi connectivity index (χ3v) is 5.47. The quantitative estimate of drug-likeness (QED) is 0.815. The van der Waals surface area contributed by atoms with E-state index in [0.717, 1.165) is 23.1 Å². The van der Waals surface area contributed by atoms with Gasteiger partial charge in [0.2, 0.25) is 0 Å². The lowest BCUT2D eigenvalue weighted by molar-refractivity contribution is -0.138. The molecule has 2 aromatic rings. The van der Waals surface area contributed by atoms with E-state index in [2.05, 4.69) is 27.0 Å². The summed E-state index contributed by atoms with van der Waals surface area (Å²) in [5, 5.41) is 20.0. The first-order valence-corrected chi connectivity index (χ1v) is 8.76. The smallest absolute Gasteiger partial charge is 0.251 e. The summed E-state index contributed by atoms with van der Waals surface area (Å²) >= 11 is 0. The molecule has 7 nitrogen and oxygen atoms in total. The highest BCUT2D eigenvalue weighted by Crippen LogP contribution is 2.38. The molecule has 7 heteroatoms. The van der Waals surface area contributed by atoms with Crippen LogP contribution in [0.4, 0.5) is 5.69 Å². The number of hydrogen-bond acceptors (Lipinski definition) is 5. The van der Waals surface area contributed by atoms with Crippen LogP contribution in [0.3, 0.4) is 0 Å². The van der Waals surface area contributed by atoms with E-state index in [9.17, 15) is 15.2 Å². The number of carbonyl (C=O) groups is 1. The lowest BCUT2D eigenvalue weighted by Gasteiger charge is -2.28. The maximum absolute atomic E-state index is 12.0. The Morgan fingerprint density at radius 1 is 1.58 bits per heavy atom. The second-order valence-electron chi connectivity index (χ2n) is 7.12. The lowest BCUT2D eigenvalue weighted by atomic mass is 10.0. The van der Waals surface area contributed by atoms with Gasteiger partial charge in [0.15, 0.2) is 0 Å². The van der Waals surface area contributed by atoms with Crippen molar-refractivity contribution in [2.75, 3.05) is 25.0 Å². The van der Waals surface area contributed by atoms with Gasteiger partial charge < -0.3 is 19.9 Å². The van der Waals surface area contributed by atoms with Gasteiger partial charge in [-0.15, -0.1) is 0 Å². The third kappa shape index (κ3) is 2.54. The first-order chi connectivity index (χ1) is 12.5. The summed E-state index contributed by atoms with van der Waals surface area (Å²) in [6.07, 6.45) is 5.59. The second-order valence-corrected chi connectivity index (χ2v) is 7.12. The molecule has 0 aromatic carbocycles. The molecule has 26 heavy (non-hydrogen) atoms. The number of fused-ring (bicyclic) bond motifs is 2. The molecule has 2 aliphatic rings. The highest BCUT2D eigenvalue weighted by molar-refractivity contribution is 5.93. The maximum Gasteiger partial charge on any atom is 0.251 e. The molecular weight excluding hydrogens is 330 g/mol. The molecular formula is C19H21N5O2. The van der Waals surface area contributed by atoms with Crippen LogP contribution < -0.4 is 4.90 Å². The fraction of sp³-hybridized carbons (Fsp3) is 0.421. The molecule has 134 valence electrons. The first kappa shape index (κ1) is 16.6. The number of nitriles is 1. The summed E-state index contributed by atoms with van der Waals surface area (Å²) in [6, 6.07) is 4.37. The molecule has 2 unspecified atom stereocenters. The van der Waals surface area contributed by atoms with Crippen molar-refractivity contribution in [1.29, 1.82) is 5.26 Å². The molecule has 4 rings (SSSR count). The standard InChI is InChI=1S/C19H21N5O2/c1-11(25)19(26)24-9-12-5-15(6-13(12)10-24)23(2)17-14(7-20)8-22-18-16(17)3-4-21-18/h3-5,8,11,13,15,25H,6,9-10H2,1-2H3,(H,21,22)/t11-,13?,15?/m0/s1. The number of aliphatic hydroxyl groups excluding tert-OH is 1. The van der Waals surface area contributed by atoms with Gasteiger partial charge in [-0.25, -0.2) is 4.98 Å². The van der Waals surface area contributed by atoms with Crippen molar-refractivity contribution in [3.63, 3.8) is 0 Å². The Kier molecular flexibility index (Phi) is 3.93. The average Bonchev–Trinajstić information content (AvgIpc) is 3.32. The van der Waals surface area contributed by atoms with Crippen LogP contribution >= 0.6 is 0 Å². The minimum Gasteiger partial charge on any atom is -0.384 e. The minimum absolute atomic E-state index is 0.173. The van der Waals surface area contributed by atoms with E-state index < -0.39 is 6.10 Å². The Morgan fingerprint density at radius 3 is 3.08 bits per heavy atom. The molecule has 0 radical (unpaired) electrons. The topological polar surface area (TPSA) is 96.2 Å². The average molecular weight is 351 g/mol. The van der Waals surface area contributed by atoms with Crippen molar-refractivity contribution in [2.24, 2.45) is 5.92 Å². The summed E-state index contributed by atoms with van der Waals surface area (Å²) in [5.74, 6) is 0.111. The zero-order valence-electron chi connectivity index (χ0n) is 14.8. The van der Waals surface area contributed by atoms with Gasteiger partial charge in [-0.2, -0.15) is 5.26 Å². The number of aromatic amines is 1. The van der Waals surface area contributed by atoms with Crippen LogP contribution in [0, 0.1) is 17.2 Å². The number of hydrogen-bond donors (Lipinski definition) is 2. The fourth-order valence-electron chi connectivity index (χ4n) is 4.14. The van der Waals surface area contributed by atoms with Crippen LogP contribution in [0.5, 0.6) is 0 Å². The van der Waals surface area contributed by atoms with Gasteiger partial charge >= 0.3 is 0 Å². The van der Waals surface area contributed by atoms with E-state index in [0.29, 0.717) is 24.6 Å². The van der Waals surface area contributed by atoms with Crippen LogP contribution in [0.15, 0.2) is 30.1 Å². The fourth-order valence-corrected chi connectivity index (χ4v) is 4.14. The van der Waals surface area contributed by atoms with Gasteiger partial charge in [-0.1, -0.05) is 6.08 Å². The monoisotopic (exact) mass is 351 g/mol. The van der Waals surface area contributed by atoms with Crippen molar-refractivity contribution in [2.45, 2.75) is 25.5 Å². The SMILES string of the molecule is C[C@H](O)C(=O)N1CC2=CC(N(C)c3c(C#N)cnc4[nH]ccc34)CC2C1. The number of nitrogens with one attached hydrogen (secondary N) is 1. The molecule has 0 spiro atoms. The molecule has 1 fully saturated rings. The number of carbonyl (C=O) groups excluding carboxylic acids is 1. The Hall–Kier alpha value is -2.85. The molecule has 0 bridgehead atoms. The van der Waals surface area contributed by atoms with E-state index in [-0.39, 0.29) is 11.9 Å². The van der Waals surface area contributed by atoms with Crippen LogP contribution in [-0.2, 0) is 4.79 Å². The molecule has 3 atom stereocenters. The van der Waals surface area contributed by atoms with Crippen LogP contribution in [0.2, 0.25) is 0 Å². The van der Waals surface area contributed by atoms with Crippen molar-refractivity contribution in [3.05, 3.63) is 35.7 Å². The lowest BCUT2D eigenvalue weighted by Crippen LogP contribution is -2.37. The normalized spacial score (nSPS) is 22.8. The van der Waals surface area contributed by atoms with Crippen LogP contribution in [-0.4, -0.2) is 58.2 Å². The number of anilines is 1. The van der Waals surface area contributed by atoms with Gasteiger partial charge in [-0.05, 0) is 25.0 Å². The number of nitrogens with zero attached hydrogens (tertiary/aromatic N) is 4. The van der Waals surface area contributed by atoms with Crippen molar-refractivity contribution in [1.82, 2.24) is 14.9 Å². The molecule has 2 N–H and O–H groups in total. The number of likely N-dealkylation sites (tertiary alicyclic amines) is 1. The maximum atomic E-state index is 12.0. The van der Waals surface area contributed by atoms with E-state index in [1.54, 1.807) is 11.1 Å². The van der Waals surface area contributed by atoms with Gasteiger partial charge in [0.1, 0.15) is 17.8 Å². The molecule has 1 saturated heterocycles. The number of H-pyrrole nitrogens is 1. The van der Waals surface area contributed by atoms with Crippen LogP contribution in [0.1, 0.15) is 18.9 Å². The molecule has 1 aliphatic heterocycles. The number of likely N-dealkylation sites (N-methyl/N-ethyl adjacent to an activating group) is 1. The van der Waals surface area contributed by atoms with E-state index in [4.69, 9.17) is 0 Å². The molecule has 1 aliphatic carbocycles. The molecule has 3 heterocycles. The molecule has 0 saturated carbocycles. The van der Waals surface area contributed by atoms with Crippen molar-refractivity contribution < 1.29 is 9.90 Å². The number of aromatic nitrogens is 2. The van der Waals surface area contributed by atoms with Crippen LogP contribution in [0.25, 0.3) is 11.0 Å². The Bertz CT molecular complexity index is 939. The zero-order valence-corrected chi connectivity index (χ0v) is 14.8. The first-order valence-electron chi connectivity index (χ1n) is 8.76. The summed E-state index contributed by atoms with van der Waals surface area (Å²) in [4.78, 5) is 23.3. The number of rotatable bonds is 3. The predicted octanol–water partition coefficient (Wildman–Crippen LogP) is 1.41. The highest BCUT2D eigenvalue weighted by atomic mass is 16.3. The van der Waals surface area contributed by atoms with Gasteiger partial charge in [0.25, 0.3) is 5.91 Å². The highest BCUT2D eigenvalue weighted by Gasteiger charge is 2.38. The largest absolute Gasteiger partial charge is 0.384 e. The van der Waals surface area contributed by atoms with Gasteiger partial charge in [0, 0.05) is 49.9 Å². The third-order valence-electron chi connectivity index (χ3n) is 5.47. The van der Waals surface area contributed by atoms with Crippen molar-refractivity contribution >= 4 is 22.6 Å². The summed E-state index contributed by atoms with van der Waals surface area (Å²) in [7, 11) is 2.00. The number of aliphatic hydroxyl groups is 1. The zero-order chi connectivity index (χ0) is 18.4. The number of amides is 1. The van der Waals surface area contributed by atoms with Gasteiger partial charge in [0.05, 0.1) is 11.3 Å². The Morgan fingerprint density at radius 2 is 2.38 bits per heavy atom. The van der Waals surface area contributed by atoms with E-state index >= 15 is 0 Å². The van der Waals surface area contributed by atoms with E-state index in [1.807, 2.05) is 19.3 Å². The molecule has 2 aromatic heterocycles. The summed E-state index contributed by atoms with van der Waals surface area (Å²) in [6.45, 7) is 2.75. The van der Waals surface area contributed by atoms with Crippen molar-refractivity contribution in [3.8, 4) is 6.07 Å². The van der Waals surface area contributed by atoms with Gasteiger partial charge in [-0.3, -0.25) is 4.79 Å². The number of pyridine rings is 1. The second kappa shape index (κ2) is 6.15. The summed E-state index contributed by atoms with van der Waals surface area (Å²) < 4.78 is 0. The van der Waals surface area contributed by atoms with E-state index in [1.165, 1.54) is 12.5 Å². The summed E-state index contributed by atoms with van der Waals surface area (Å²) in [5.41, 5.74) is 3.46. The predicted molar refractivity (Wildman–Crippen MR) is 97.5 cm³/mol. The Labute approximate surface area is 151 Å². The molecule has 1 amide bonds. The Balaban J connectivity index is 1.61.